The third kappa shape index (κ3) is 2.33. The van der Waals surface area contributed by atoms with Gasteiger partial charge in [0.1, 0.15) is 0 Å². The Balaban J connectivity index is 2.00. The van der Waals surface area contributed by atoms with Crippen molar-refractivity contribution in [3.05, 3.63) is 28.7 Å². The van der Waals surface area contributed by atoms with Crippen molar-refractivity contribution in [1.29, 1.82) is 0 Å². The number of guanidine groups is 1. The van der Waals surface area contributed by atoms with Gasteiger partial charge in [0.2, 0.25) is 0 Å². The molecule has 0 aromatic heterocycles. The highest BCUT2D eigenvalue weighted by molar-refractivity contribution is 9.10. The molecule has 2 heterocycles. The zero-order valence-corrected chi connectivity index (χ0v) is 13.5. The number of hydrogen-bond donors (Lipinski definition) is 1. The second-order valence-electron chi connectivity index (χ2n) is 6.25. The third-order valence-electron chi connectivity index (χ3n) is 4.12. The van der Waals surface area contributed by atoms with Crippen molar-refractivity contribution in [3.63, 3.8) is 0 Å². The quantitative estimate of drug-likeness (QED) is 0.857. The van der Waals surface area contributed by atoms with E-state index >= 15 is 0 Å². The molecule has 2 aliphatic rings. The fourth-order valence-corrected chi connectivity index (χ4v) is 3.80. The summed E-state index contributed by atoms with van der Waals surface area (Å²) < 4.78 is 6.92. The Kier molecular flexibility index (Phi) is 3.29. The zero-order valence-electron chi connectivity index (χ0n) is 11.9. The van der Waals surface area contributed by atoms with Crippen molar-refractivity contribution in [2.24, 2.45) is 10.7 Å². The summed E-state index contributed by atoms with van der Waals surface area (Å²) in [5.74, 6) is 0.612. The average Bonchev–Trinajstić information content (AvgIpc) is 2.64. The van der Waals surface area contributed by atoms with Crippen LogP contribution < -0.4 is 10.6 Å². The first-order valence-corrected chi connectivity index (χ1v) is 7.71. The fraction of sp³-hybridized carbons (Fsp3) is 0.533. The highest BCUT2D eigenvalue weighted by atomic mass is 79.9. The summed E-state index contributed by atoms with van der Waals surface area (Å²) in [5, 5.41) is 0. The molecule has 1 fully saturated rings. The number of anilines is 1. The van der Waals surface area contributed by atoms with Gasteiger partial charge in [-0.25, -0.2) is 0 Å². The molecule has 0 aliphatic carbocycles. The summed E-state index contributed by atoms with van der Waals surface area (Å²) in [4.78, 5) is 6.71. The first-order chi connectivity index (χ1) is 9.42. The Hall–Kier alpha value is -1.07. The molecule has 2 aliphatic heterocycles. The van der Waals surface area contributed by atoms with Gasteiger partial charge >= 0.3 is 0 Å². The van der Waals surface area contributed by atoms with Gasteiger partial charge in [0, 0.05) is 23.2 Å². The molecule has 1 unspecified atom stereocenters. The van der Waals surface area contributed by atoms with Gasteiger partial charge in [-0.2, -0.15) is 0 Å². The van der Waals surface area contributed by atoms with Crippen LogP contribution in [0.15, 0.2) is 33.7 Å². The van der Waals surface area contributed by atoms with Gasteiger partial charge in [0.15, 0.2) is 5.96 Å². The molecule has 3 rings (SSSR count). The van der Waals surface area contributed by atoms with E-state index in [-0.39, 0.29) is 11.1 Å². The van der Waals surface area contributed by atoms with Gasteiger partial charge in [-0.15, -0.1) is 0 Å². The van der Waals surface area contributed by atoms with Crippen molar-refractivity contribution in [1.82, 2.24) is 0 Å². The normalized spacial score (nSPS) is 28.8. The van der Waals surface area contributed by atoms with Crippen LogP contribution in [0.5, 0.6) is 0 Å². The van der Waals surface area contributed by atoms with E-state index < -0.39 is 0 Å². The Labute approximate surface area is 128 Å². The van der Waals surface area contributed by atoms with E-state index in [1.165, 1.54) is 0 Å². The molecular formula is C15H20BrN3O. The predicted octanol–water partition coefficient (Wildman–Crippen LogP) is 2.91. The molecule has 5 heteroatoms. The maximum Gasteiger partial charge on any atom is 0.196 e. The van der Waals surface area contributed by atoms with E-state index in [0.29, 0.717) is 5.96 Å². The minimum atomic E-state index is -0.136. The summed E-state index contributed by atoms with van der Waals surface area (Å²) in [6.07, 6.45) is 1.88. The molecule has 0 bridgehead atoms. The van der Waals surface area contributed by atoms with Crippen LogP contribution in [0.4, 0.5) is 5.69 Å². The molecule has 1 atom stereocenters. The smallest absolute Gasteiger partial charge is 0.196 e. The van der Waals surface area contributed by atoms with Crippen molar-refractivity contribution < 1.29 is 4.74 Å². The van der Waals surface area contributed by atoms with Crippen LogP contribution in [-0.4, -0.2) is 30.3 Å². The first-order valence-electron chi connectivity index (χ1n) is 6.92. The lowest BCUT2D eigenvalue weighted by molar-refractivity contribution is -0.0757. The summed E-state index contributed by atoms with van der Waals surface area (Å²) in [6, 6.07) is 8.23. The lowest BCUT2D eigenvalue weighted by Gasteiger charge is -2.47. The second kappa shape index (κ2) is 4.74. The summed E-state index contributed by atoms with van der Waals surface area (Å²) in [6.45, 7) is 5.78. The summed E-state index contributed by atoms with van der Waals surface area (Å²) in [5.41, 5.74) is 7.08. The lowest BCUT2D eigenvalue weighted by Crippen LogP contribution is -2.58. The molecule has 4 nitrogen and oxygen atoms in total. The highest BCUT2D eigenvalue weighted by Gasteiger charge is 2.49. The van der Waals surface area contributed by atoms with Crippen LogP contribution in [0.25, 0.3) is 0 Å². The SMILES string of the molecule is CC1(C)CC2(CCO1)CN=C(N)N2c1cccc(Br)c1. The Bertz CT molecular complexity index is 558. The van der Waals surface area contributed by atoms with Gasteiger partial charge in [0.05, 0.1) is 17.7 Å². The number of hydrogen-bond acceptors (Lipinski definition) is 4. The molecule has 0 radical (unpaired) electrons. The summed E-state index contributed by atoms with van der Waals surface area (Å²) in [7, 11) is 0. The molecule has 1 saturated heterocycles. The van der Waals surface area contributed by atoms with E-state index in [1.807, 2.05) is 12.1 Å². The van der Waals surface area contributed by atoms with Crippen LogP contribution in [0.1, 0.15) is 26.7 Å². The Morgan fingerprint density at radius 1 is 1.40 bits per heavy atom. The number of nitrogens with zero attached hydrogens (tertiary/aromatic N) is 2. The second-order valence-corrected chi connectivity index (χ2v) is 7.16. The van der Waals surface area contributed by atoms with Crippen molar-refractivity contribution in [2.45, 2.75) is 37.8 Å². The van der Waals surface area contributed by atoms with E-state index in [2.05, 4.69) is 51.8 Å². The molecule has 1 aromatic rings. The van der Waals surface area contributed by atoms with Gasteiger partial charge < -0.3 is 15.4 Å². The van der Waals surface area contributed by atoms with Crippen LogP contribution in [0, 0.1) is 0 Å². The topological polar surface area (TPSA) is 50.9 Å². The Morgan fingerprint density at radius 2 is 2.20 bits per heavy atom. The van der Waals surface area contributed by atoms with Crippen molar-refractivity contribution >= 4 is 27.6 Å². The van der Waals surface area contributed by atoms with Crippen LogP contribution in [0.3, 0.4) is 0 Å². The number of rotatable bonds is 1. The van der Waals surface area contributed by atoms with Crippen molar-refractivity contribution in [3.8, 4) is 0 Å². The van der Waals surface area contributed by atoms with Crippen LogP contribution in [-0.2, 0) is 4.74 Å². The number of nitrogens with two attached hydrogens (primary N) is 1. The number of benzene rings is 1. The molecule has 108 valence electrons. The van der Waals surface area contributed by atoms with E-state index in [9.17, 15) is 0 Å². The molecule has 1 spiro atoms. The monoisotopic (exact) mass is 337 g/mol. The Morgan fingerprint density at radius 3 is 2.90 bits per heavy atom. The van der Waals surface area contributed by atoms with Crippen LogP contribution >= 0.6 is 15.9 Å². The van der Waals surface area contributed by atoms with Gasteiger partial charge in [0.25, 0.3) is 0 Å². The zero-order chi connectivity index (χ0) is 14.4. The molecule has 0 saturated carbocycles. The van der Waals surface area contributed by atoms with E-state index in [0.717, 1.165) is 36.2 Å². The third-order valence-corrected chi connectivity index (χ3v) is 4.61. The van der Waals surface area contributed by atoms with E-state index in [4.69, 9.17) is 10.5 Å². The maximum atomic E-state index is 6.17. The van der Waals surface area contributed by atoms with Gasteiger partial charge in [-0.05, 0) is 38.5 Å². The van der Waals surface area contributed by atoms with Crippen LogP contribution in [0.2, 0.25) is 0 Å². The van der Waals surface area contributed by atoms with E-state index in [1.54, 1.807) is 0 Å². The maximum absolute atomic E-state index is 6.17. The minimum Gasteiger partial charge on any atom is -0.375 e. The van der Waals surface area contributed by atoms with Crippen molar-refractivity contribution in [2.75, 3.05) is 18.1 Å². The summed E-state index contributed by atoms with van der Waals surface area (Å²) >= 11 is 3.53. The highest BCUT2D eigenvalue weighted by Crippen LogP contribution is 2.41. The molecule has 20 heavy (non-hydrogen) atoms. The minimum absolute atomic E-state index is 0.0490. The molecule has 1 aromatic carbocycles. The average molecular weight is 338 g/mol. The molecule has 2 N–H and O–H groups in total. The predicted molar refractivity (Wildman–Crippen MR) is 85.1 cm³/mol. The lowest BCUT2D eigenvalue weighted by atomic mass is 9.80. The standard InChI is InChI=1S/C15H20BrN3O/c1-14(2)9-15(6-7-20-14)10-18-13(17)19(15)12-5-3-4-11(16)8-12/h3-5,8H,6-7,9-10H2,1-2H3,(H2,17,18). The van der Waals surface area contributed by atoms with Gasteiger partial charge in [-0.3, -0.25) is 4.99 Å². The number of halogens is 1. The number of aliphatic imine (C=N–C) groups is 1. The number of ether oxygens (including phenoxy) is 1. The first kappa shape index (κ1) is 13.9. The van der Waals surface area contributed by atoms with Gasteiger partial charge in [-0.1, -0.05) is 22.0 Å². The largest absolute Gasteiger partial charge is 0.375 e. The fourth-order valence-electron chi connectivity index (χ4n) is 3.41. The molecular weight excluding hydrogens is 318 g/mol. The molecule has 0 amide bonds.